The molecule has 8 heteroatoms. The minimum Gasteiger partial charge on any atom is -0.493 e. The summed E-state index contributed by atoms with van der Waals surface area (Å²) in [4.78, 5) is 23.2. The molecule has 30 heavy (non-hydrogen) atoms. The van der Waals surface area contributed by atoms with E-state index in [2.05, 4.69) is 20.3 Å². The standard InChI is InChI=1S/C22H20N4O4/c1-28-19-9-16-18(10-20(19)29-11-14-2-5-21(27)26-14)24-12-25-22(16)30-15-3-4-17-13(8-15)6-7-23-17/h3-4,6-10,12,14,23H,2,5,11H2,1H3,(H,26,27). The van der Waals surface area contributed by atoms with Crippen LogP contribution in [0.1, 0.15) is 12.8 Å². The predicted molar refractivity (Wildman–Crippen MR) is 111 cm³/mol. The fraction of sp³-hybridized carbons (Fsp3) is 0.227. The number of ether oxygens (including phenoxy) is 3. The van der Waals surface area contributed by atoms with Crippen LogP contribution in [0.4, 0.5) is 0 Å². The third-order valence-electron chi connectivity index (χ3n) is 5.15. The Bertz CT molecular complexity index is 1240. The lowest BCUT2D eigenvalue weighted by Gasteiger charge is -2.15. The number of amides is 1. The van der Waals surface area contributed by atoms with Gasteiger partial charge in [0.1, 0.15) is 18.7 Å². The quantitative estimate of drug-likeness (QED) is 0.510. The second-order valence-corrected chi connectivity index (χ2v) is 7.14. The van der Waals surface area contributed by atoms with E-state index in [0.29, 0.717) is 47.1 Å². The van der Waals surface area contributed by atoms with Crippen molar-refractivity contribution in [1.82, 2.24) is 20.3 Å². The summed E-state index contributed by atoms with van der Waals surface area (Å²) in [6.45, 7) is 0.374. The van der Waals surface area contributed by atoms with E-state index in [1.165, 1.54) is 6.33 Å². The van der Waals surface area contributed by atoms with Crippen molar-refractivity contribution in [2.24, 2.45) is 0 Å². The zero-order chi connectivity index (χ0) is 20.5. The SMILES string of the molecule is COc1cc2c(Oc3ccc4[nH]ccc4c3)ncnc2cc1OCC1CCC(=O)N1. The Labute approximate surface area is 172 Å². The Morgan fingerprint density at radius 1 is 1.13 bits per heavy atom. The highest BCUT2D eigenvalue weighted by molar-refractivity contribution is 5.87. The molecule has 2 aromatic carbocycles. The van der Waals surface area contributed by atoms with Crippen LogP contribution < -0.4 is 19.5 Å². The summed E-state index contributed by atoms with van der Waals surface area (Å²) in [6, 6.07) is 11.4. The van der Waals surface area contributed by atoms with Gasteiger partial charge >= 0.3 is 0 Å². The zero-order valence-corrected chi connectivity index (χ0v) is 16.3. The Morgan fingerprint density at radius 2 is 2.07 bits per heavy atom. The average Bonchev–Trinajstić information content (AvgIpc) is 3.40. The molecule has 0 aliphatic carbocycles. The molecule has 1 unspecified atom stereocenters. The minimum atomic E-state index is 0.00513. The first-order chi connectivity index (χ1) is 14.7. The van der Waals surface area contributed by atoms with Crippen molar-refractivity contribution >= 4 is 27.7 Å². The van der Waals surface area contributed by atoms with Crippen molar-refractivity contribution in [3.8, 4) is 23.1 Å². The molecule has 2 N–H and O–H groups in total. The average molecular weight is 404 g/mol. The zero-order valence-electron chi connectivity index (χ0n) is 16.3. The number of nitrogens with zero attached hydrogens (tertiary/aromatic N) is 2. The number of fused-ring (bicyclic) bond motifs is 2. The number of rotatable bonds is 6. The number of carbonyl (C=O) groups excluding carboxylic acids is 1. The summed E-state index contributed by atoms with van der Waals surface area (Å²) >= 11 is 0. The van der Waals surface area contributed by atoms with Gasteiger partial charge in [-0.25, -0.2) is 9.97 Å². The van der Waals surface area contributed by atoms with E-state index in [9.17, 15) is 4.79 Å². The van der Waals surface area contributed by atoms with Crippen molar-refractivity contribution in [2.45, 2.75) is 18.9 Å². The smallest absolute Gasteiger partial charge is 0.230 e. The molecule has 0 spiro atoms. The van der Waals surface area contributed by atoms with Crippen LogP contribution >= 0.6 is 0 Å². The van der Waals surface area contributed by atoms with Gasteiger partial charge in [0.2, 0.25) is 11.8 Å². The molecule has 8 nitrogen and oxygen atoms in total. The molecule has 1 fully saturated rings. The van der Waals surface area contributed by atoms with Crippen molar-refractivity contribution in [3.05, 3.63) is 48.9 Å². The van der Waals surface area contributed by atoms with Gasteiger partial charge in [-0.2, -0.15) is 0 Å². The highest BCUT2D eigenvalue weighted by Gasteiger charge is 2.22. The Balaban J connectivity index is 1.44. The van der Waals surface area contributed by atoms with E-state index in [4.69, 9.17) is 14.2 Å². The molecule has 0 bridgehead atoms. The maximum absolute atomic E-state index is 11.4. The molecule has 0 radical (unpaired) electrons. The monoisotopic (exact) mass is 404 g/mol. The molecular formula is C22H20N4O4. The molecular weight excluding hydrogens is 384 g/mol. The third-order valence-corrected chi connectivity index (χ3v) is 5.15. The fourth-order valence-corrected chi connectivity index (χ4v) is 3.59. The van der Waals surface area contributed by atoms with Gasteiger partial charge in [0.05, 0.1) is 24.1 Å². The van der Waals surface area contributed by atoms with Gasteiger partial charge in [-0.05, 0) is 36.8 Å². The predicted octanol–water partition coefficient (Wildman–Crippen LogP) is 3.57. The van der Waals surface area contributed by atoms with Crippen LogP contribution in [0.25, 0.3) is 21.8 Å². The van der Waals surface area contributed by atoms with Gasteiger partial charge in [0.25, 0.3) is 0 Å². The topological polar surface area (TPSA) is 98.4 Å². The van der Waals surface area contributed by atoms with Crippen LogP contribution in [0, 0.1) is 0 Å². The largest absolute Gasteiger partial charge is 0.493 e. The number of benzene rings is 2. The summed E-state index contributed by atoms with van der Waals surface area (Å²) in [5, 5.41) is 4.66. The summed E-state index contributed by atoms with van der Waals surface area (Å²) in [7, 11) is 1.58. The van der Waals surface area contributed by atoms with Crippen LogP contribution in [0.15, 0.2) is 48.9 Å². The van der Waals surface area contributed by atoms with Gasteiger partial charge in [-0.3, -0.25) is 4.79 Å². The highest BCUT2D eigenvalue weighted by Crippen LogP contribution is 2.36. The number of hydrogen-bond donors (Lipinski definition) is 2. The molecule has 1 aliphatic rings. The molecule has 3 heterocycles. The van der Waals surface area contributed by atoms with Crippen molar-refractivity contribution in [2.75, 3.05) is 13.7 Å². The molecule has 152 valence electrons. The van der Waals surface area contributed by atoms with Gasteiger partial charge in [-0.1, -0.05) is 0 Å². The van der Waals surface area contributed by atoms with Crippen LogP contribution in [0.3, 0.4) is 0 Å². The van der Waals surface area contributed by atoms with Crippen molar-refractivity contribution < 1.29 is 19.0 Å². The lowest BCUT2D eigenvalue weighted by molar-refractivity contribution is -0.119. The Morgan fingerprint density at radius 3 is 2.90 bits per heavy atom. The van der Waals surface area contributed by atoms with Crippen LogP contribution in [-0.4, -0.2) is 40.6 Å². The van der Waals surface area contributed by atoms with E-state index in [1.807, 2.05) is 36.5 Å². The van der Waals surface area contributed by atoms with Crippen LogP contribution in [0.2, 0.25) is 0 Å². The summed E-state index contributed by atoms with van der Waals surface area (Å²) < 4.78 is 17.5. The second kappa shape index (κ2) is 7.55. The maximum Gasteiger partial charge on any atom is 0.230 e. The number of nitrogens with one attached hydrogen (secondary N) is 2. The summed E-state index contributed by atoms with van der Waals surface area (Å²) in [6.07, 6.45) is 4.64. The number of aromatic nitrogens is 3. The first-order valence-corrected chi connectivity index (χ1v) is 9.69. The minimum absolute atomic E-state index is 0.00513. The Hall–Kier alpha value is -3.81. The molecule has 1 saturated heterocycles. The number of hydrogen-bond acceptors (Lipinski definition) is 6. The van der Waals surface area contributed by atoms with Crippen molar-refractivity contribution in [1.29, 1.82) is 0 Å². The maximum atomic E-state index is 11.4. The highest BCUT2D eigenvalue weighted by atomic mass is 16.5. The summed E-state index contributed by atoms with van der Waals surface area (Å²) in [5.74, 6) is 2.28. The first kappa shape index (κ1) is 18.2. The lowest BCUT2D eigenvalue weighted by atomic mass is 10.2. The number of H-pyrrole nitrogens is 1. The van der Waals surface area contributed by atoms with E-state index >= 15 is 0 Å². The van der Waals surface area contributed by atoms with Gasteiger partial charge in [-0.15, -0.1) is 0 Å². The molecule has 1 aliphatic heterocycles. The summed E-state index contributed by atoms with van der Waals surface area (Å²) in [5.41, 5.74) is 1.71. The van der Waals surface area contributed by atoms with E-state index in [0.717, 1.165) is 17.3 Å². The van der Waals surface area contributed by atoms with E-state index in [1.54, 1.807) is 13.2 Å². The molecule has 0 saturated carbocycles. The molecule has 5 rings (SSSR count). The van der Waals surface area contributed by atoms with Gasteiger partial charge in [0.15, 0.2) is 11.5 Å². The van der Waals surface area contributed by atoms with E-state index < -0.39 is 0 Å². The Kier molecular flexibility index (Phi) is 4.59. The fourth-order valence-electron chi connectivity index (χ4n) is 3.59. The third kappa shape index (κ3) is 3.47. The van der Waals surface area contributed by atoms with Gasteiger partial charge < -0.3 is 24.5 Å². The molecule has 2 aromatic heterocycles. The van der Waals surface area contributed by atoms with E-state index in [-0.39, 0.29) is 11.9 Å². The molecule has 1 amide bonds. The molecule has 4 aromatic rings. The second-order valence-electron chi connectivity index (χ2n) is 7.14. The van der Waals surface area contributed by atoms with Crippen molar-refractivity contribution in [3.63, 3.8) is 0 Å². The number of carbonyl (C=O) groups is 1. The van der Waals surface area contributed by atoms with Gasteiger partial charge in [0, 0.05) is 29.6 Å². The first-order valence-electron chi connectivity index (χ1n) is 9.69. The lowest BCUT2D eigenvalue weighted by Crippen LogP contribution is -2.30. The number of aromatic amines is 1. The normalized spacial score (nSPS) is 16.0. The van der Waals surface area contributed by atoms with Crippen LogP contribution in [0.5, 0.6) is 23.1 Å². The van der Waals surface area contributed by atoms with Crippen LogP contribution in [-0.2, 0) is 4.79 Å². The molecule has 1 atom stereocenters. The number of methoxy groups -OCH3 is 1.